The average Bonchev–Trinajstić information content (AvgIpc) is 2.93. The van der Waals surface area contributed by atoms with Gasteiger partial charge in [-0.2, -0.15) is 0 Å². The first kappa shape index (κ1) is 20.8. The highest BCUT2D eigenvalue weighted by molar-refractivity contribution is 14.0. The van der Waals surface area contributed by atoms with Crippen LogP contribution in [0.25, 0.3) is 0 Å². The molecular formula is C16H25Cl2IN4. The van der Waals surface area contributed by atoms with Crippen molar-refractivity contribution in [2.24, 2.45) is 16.6 Å². The standard InChI is InChI=1S/C16H24Cl2N4.HI/c1-3-22-7-6-12(10-22)9-20-16(19)21-11(2)14-5-4-13(17)8-15(14)18;/h4-5,8,11-12H,3,6-7,9-10H2,1-2H3,(H3,19,20,21);1H. The Bertz CT molecular complexity index is 539. The molecule has 0 aromatic heterocycles. The summed E-state index contributed by atoms with van der Waals surface area (Å²) < 4.78 is 0. The molecule has 0 radical (unpaired) electrons. The van der Waals surface area contributed by atoms with Gasteiger partial charge in [-0.05, 0) is 50.0 Å². The molecule has 0 bridgehead atoms. The fourth-order valence-corrected chi connectivity index (χ4v) is 3.35. The van der Waals surface area contributed by atoms with Gasteiger partial charge in [0.2, 0.25) is 0 Å². The minimum atomic E-state index is -0.00997. The van der Waals surface area contributed by atoms with Gasteiger partial charge < -0.3 is 16.0 Å². The van der Waals surface area contributed by atoms with Crippen LogP contribution in [0.4, 0.5) is 0 Å². The quantitative estimate of drug-likeness (QED) is 0.389. The van der Waals surface area contributed by atoms with Crippen LogP contribution in [0.5, 0.6) is 0 Å². The largest absolute Gasteiger partial charge is 0.370 e. The van der Waals surface area contributed by atoms with Gasteiger partial charge in [0, 0.05) is 23.1 Å². The Morgan fingerprint density at radius 1 is 1.48 bits per heavy atom. The van der Waals surface area contributed by atoms with Crippen molar-refractivity contribution in [1.82, 2.24) is 10.2 Å². The lowest BCUT2D eigenvalue weighted by molar-refractivity contribution is 0.343. The number of nitrogens with one attached hydrogen (secondary N) is 1. The van der Waals surface area contributed by atoms with Crippen molar-refractivity contribution in [3.63, 3.8) is 0 Å². The number of benzene rings is 1. The number of hydrogen-bond donors (Lipinski definition) is 2. The average molecular weight is 471 g/mol. The zero-order valence-electron chi connectivity index (χ0n) is 13.6. The van der Waals surface area contributed by atoms with Gasteiger partial charge in [0.05, 0.1) is 6.04 Å². The van der Waals surface area contributed by atoms with Crippen LogP contribution in [0, 0.1) is 5.92 Å². The maximum atomic E-state index is 6.21. The van der Waals surface area contributed by atoms with E-state index < -0.39 is 0 Å². The fraction of sp³-hybridized carbons (Fsp3) is 0.562. The molecule has 1 fully saturated rings. The topological polar surface area (TPSA) is 53.6 Å². The van der Waals surface area contributed by atoms with Crippen LogP contribution in [0.3, 0.4) is 0 Å². The molecule has 0 amide bonds. The van der Waals surface area contributed by atoms with Gasteiger partial charge >= 0.3 is 0 Å². The molecule has 1 aliphatic heterocycles. The highest BCUT2D eigenvalue weighted by Gasteiger charge is 2.20. The van der Waals surface area contributed by atoms with Gasteiger partial charge in [0.15, 0.2) is 5.96 Å². The van der Waals surface area contributed by atoms with Crippen LogP contribution < -0.4 is 11.1 Å². The molecule has 2 atom stereocenters. The number of aliphatic imine (C=N–C) groups is 1. The summed E-state index contributed by atoms with van der Waals surface area (Å²) in [6, 6.07) is 5.46. The Labute approximate surface area is 165 Å². The second-order valence-corrected chi connectivity index (χ2v) is 6.65. The third-order valence-electron chi connectivity index (χ3n) is 4.13. The predicted octanol–water partition coefficient (Wildman–Crippen LogP) is 3.92. The van der Waals surface area contributed by atoms with Crippen LogP contribution >= 0.6 is 47.2 Å². The van der Waals surface area contributed by atoms with Crippen molar-refractivity contribution in [2.45, 2.75) is 26.3 Å². The van der Waals surface area contributed by atoms with Gasteiger partial charge in [-0.1, -0.05) is 36.2 Å². The van der Waals surface area contributed by atoms with Gasteiger partial charge in [0.25, 0.3) is 0 Å². The van der Waals surface area contributed by atoms with E-state index in [-0.39, 0.29) is 30.0 Å². The van der Waals surface area contributed by atoms with Crippen LogP contribution in [-0.4, -0.2) is 37.0 Å². The molecule has 23 heavy (non-hydrogen) atoms. The summed E-state index contributed by atoms with van der Waals surface area (Å²) in [7, 11) is 0. The number of nitrogens with zero attached hydrogens (tertiary/aromatic N) is 2. The molecule has 7 heteroatoms. The number of nitrogens with two attached hydrogens (primary N) is 1. The number of likely N-dealkylation sites (tertiary alicyclic amines) is 1. The Morgan fingerprint density at radius 3 is 2.83 bits per heavy atom. The van der Waals surface area contributed by atoms with E-state index >= 15 is 0 Å². The van der Waals surface area contributed by atoms with Crippen molar-refractivity contribution in [3.05, 3.63) is 33.8 Å². The van der Waals surface area contributed by atoms with Crippen molar-refractivity contribution in [1.29, 1.82) is 0 Å². The minimum Gasteiger partial charge on any atom is -0.370 e. The summed E-state index contributed by atoms with van der Waals surface area (Å²) >= 11 is 12.1. The molecule has 2 unspecified atom stereocenters. The number of hydrogen-bond acceptors (Lipinski definition) is 2. The number of halogens is 3. The van der Waals surface area contributed by atoms with Crippen LogP contribution in [0.1, 0.15) is 31.9 Å². The third-order valence-corrected chi connectivity index (χ3v) is 4.69. The van der Waals surface area contributed by atoms with Crippen molar-refractivity contribution >= 4 is 53.1 Å². The normalized spacial score (nSPS) is 20.2. The summed E-state index contributed by atoms with van der Waals surface area (Å²) in [6.07, 6.45) is 1.20. The molecule has 1 aromatic rings. The molecule has 0 spiro atoms. The molecule has 3 N–H and O–H groups in total. The molecule has 1 aliphatic rings. The van der Waals surface area contributed by atoms with E-state index in [1.165, 1.54) is 13.0 Å². The van der Waals surface area contributed by atoms with Gasteiger partial charge in [-0.3, -0.25) is 4.99 Å². The molecule has 1 aromatic carbocycles. The Hall–Kier alpha value is -0.240. The Kier molecular flexibility index (Phi) is 8.97. The molecule has 0 aliphatic carbocycles. The fourth-order valence-electron chi connectivity index (χ4n) is 2.77. The highest BCUT2D eigenvalue weighted by Crippen LogP contribution is 2.26. The maximum absolute atomic E-state index is 6.21. The summed E-state index contributed by atoms with van der Waals surface area (Å²) in [5.41, 5.74) is 6.95. The van der Waals surface area contributed by atoms with Crippen molar-refractivity contribution < 1.29 is 0 Å². The van der Waals surface area contributed by atoms with Crippen LogP contribution in [-0.2, 0) is 0 Å². The molecule has 4 nitrogen and oxygen atoms in total. The molecular weight excluding hydrogens is 446 g/mol. The summed E-state index contributed by atoms with van der Waals surface area (Å²) in [4.78, 5) is 6.92. The molecule has 0 saturated carbocycles. The first-order valence-electron chi connectivity index (χ1n) is 7.73. The van der Waals surface area contributed by atoms with Gasteiger partial charge in [0.1, 0.15) is 0 Å². The summed E-state index contributed by atoms with van der Waals surface area (Å²) in [6.45, 7) is 8.37. The first-order valence-corrected chi connectivity index (χ1v) is 8.49. The minimum absolute atomic E-state index is 0. The SMILES string of the molecule is CCN1CCC(CN=C(N)NC(C)c2ccc(Cl)cc2Cl)C1.I. The van der Waals surface area contributed by atoms with Crippen molar-refractivity contribution in [3.8, 4) is 0 Å². The second-order valence-electron chi connectivity index (χ2n) is 5.81. The Balaban J connectivity index is 0.00000264. The lowest BCUT2D eigenvalue weighted by atomic mass is 10.1. The zero-order valence-corrected chi connectivity index (χ0v) is 17.4. The zero-order chi connectivity index (χ0) is 16.1. The van der Waals surface area contributed by atoms with E-state index in [4.69, 9.17) is 28.9 Å². The number of rotatable bonds is 5. The van der Waals surface area contributed by atoms with E-state index in [2.05, 4.69) is 22.1 Å². The van der Waals surface area contributed by atoms with Crippen LogP contribution in [0.2, 0.25) is 10.0 Å². The molecule has 1 heterocycles. The molecule has 130 valence electrons. The van der Waals surface area contributed by atoms with Gasteiger partial charge in [-0.25, -0.2) is 0 Å². The van der Waals surface area contributed by atoms with E-state index in [1.807, 2.05) is 19.1 Å². The van der Waals surface area contributed by atoms with E-state index in [1.54, 1.807) is 6.07 Å². The summed E-state index contributed by atoms with van der Waals surface area (Å²) in [5.74, 6) is 1.07. The Morgan fingerprint density at radius 2 is 2.22 bits per heavy atom. The lowest BCUT2D eigenvalue weighted by Crippen LogP contribution is -2.34. The molecule has 1 saturated heterocycles. The lowest BCUT2D eigenvalue weighted by Gasteiger charge is -2.17. The highest BCUT2D eigenvalue weighted by atomic mass is 127. The van der Waals surface area contributed by atoms with Gasteiger partial charge in [-0.15, -0.1) is 24.0 Å². The maximum Gasteiger partial charge on any atom is 0.189 e. The number of guanidine groups is 1. The predicted molar refractivity (Wildman–Crippen MR) is 110 cm³/mol. The molecule has 2 rings (SSSR count). The first-order chi connectivity index (χ1) is 10.5. The van der Waals surface area contributed by atoms with Crippen molar-refractivity contribution in [2.75, 3.05) is 26.2 Å². The van der Waals surface area contributed by atoms with E-state index in [0.717, 1.165) is 25.2 Å². The van der Waals surface area contributed by atoms with E-state index in [9.17, 15) is 0 Å². The third kappa shape index (κ3) is 6.29. The summed E-state index contributed by atoms with van der Waals surface area (Å²) in [5, 5.41) is 4.46. The van der Waals surface area contributed by atoms with E-state index in [0.29, 0.717) is 21.9 Å². The second kappa shape index (κ2) is 9.91. The van der Waals surface area contributed by atoms with Crippen LogP contribution in [0.15, 0.2) is 23.2 Å². The monoisotopic (exact) mass is 470 g/mol. The smallest absolute Gasteiger partial charge is 0.189 e.